The molecule has 138 valence electrons. The second-order valence-corrected chi connectivity index (χ2v) is 7.03. The first-order valence-corrected chi connectivity index (χ1v) is 9.02. The van der Waals surface area contributed by atoms with Crippen molar-refractivity contribution in [3.8, 4) is 0 Å². The first-order chi connectivity index (χ1) is 12.4. The van der Waals surface area contributed by atoms with E-state index in [1.807, 2.05) is 25.1 Å². The van der Waals surface area contributed by atoms with Gasteiger partial charge in [0.1, 0.15) is 11.2 Å². The fourth-order valence-electron chi connectivity index (χ4n) is 3.14. The highest BCUT2D eigenvalue weighted by atomic mass is 16.5. The van der Waals surface area contributed by atoms with Gasteiger partial charge in [0, 0.05) is 7.11 Å². The summed E-state index contributed by atoms with van der Waals surface area (Å²) in [6, 6.07) is 18.8. The van der Waals surface area contributed by atoms with Crippen molar-refractivity contribution >= 4 is 0 Å². The van der Waals surface area contributed by atoms with Crippen LogP contribution in [0.5, 0.6) is 0 Å². The minimum atomic E-state index is -0.512. The van der Waals surface area contributed by atoms with E-state index in [1.165, 1.54) is 5.56 Å². The number of ether oxygens (including phenoxy) is 2. The van der Waals surface area contributed by atoms with Crippen LogP contribution in [0.1, 0.15) is 37.5 Å². The van der Waals surface area contributed by atoms with Gasteiger partial charge in [-0.05, 0) is 43.9 Å². The lowest BCUT2D eigenvalue weighted by molar-refractivity contribution is -0.0127. The molecule has 0 aliphatic carbocycles. The molecule has 2 unspecified atom stereocenters. The molecule has 2 rings (SSSR count). The predicted octanol–water partition coefficient (Wildman–Crippen LogP) is 5.67. The maximum absolute atomic E-state index is 6.11. The van der Waals surface area contributed by atoms with Crippen LogP contribution in [0.2, 0.25) is 0 Å². The zero-order chi connectivity index (χ0) is 19.2. The fraction of sp³-hybridized carbons (Fsp3) is 0.333. The van der Waals surface area contributed by atoms with Crippen molar-refractivity contribution < 1.29 is 9.47 Å². The van der Waals surface area contributed by atoms with Crippen molar-refractivity contribution in [3.63, 3.8) is 0 Å². The Morgan fingerprint density at radius 1 is 0.962 bits per heavy atom. The van der Waals surface area contributed by atoms with Gasteiger partial charge in [0.25, 0.3) is 0 Å². The van der Waals surface area contributed by atoms with Gasteiger partial charge in [0.05, 0.1) is 6.10 Å². The minimum Gasteiger partial charge on any atom is -0.369 e. The SMILES string of the molecule is C=CC(C)(C=C)OC(C)Cc1cccc(C(C)(OC)c2ccccc2)c1. The molecular weight excluding hydrogens is 320 g/mol. The summed E-state index contributed by atoms with van der Waals surface area (Å²) >= 11 is 0. The van der Waals surface area contributed by atoms with Crippen LogP contribution in [-0.2, 0) is 21.5 Å². The molecule has 0 N–H and O–H groups in total. The molecule has 0 aromatic heterocycles. The van der Waals surface area contributed by atoms with Crippen LogP contribution in [0, 0.1) is 0 Å². The van der Waals surface area contributed by atoms with Gasteiger partial charge < -0.3 is 9.47 Å². The quantitative estimate of drug-likeness (QED) is 0.542. The topological polar surface area (TPSA) is 18.5 Å². The lowest BCUT2D eigenvalue weighted by Crippen LogP contribution is -2.29. The van der Waals surface area contributed by atoms with Gasteiger partial charge in [-0.15, -0.1) is 0 Å². The highest BCUT2D eigenvalue weighted by molar-refractivity contribution is 5.37. The van der Waals surface area contributed by atoms with Crippen molar-refractivity contribution in [1.29, 1.82) is 0 Å². The van der Waals surface area contributed by atoms with Gasteiger partial charge in [-0.2, -0.15) is 0 Å². The highest BCUT2D eigenvalue weighted by Gasteiger charge is 2.29. The molecule has 0 spiro atoms. The molecule has 0 heterocycles. The monoisotopic (exact) mass is 350 g/mol. The van der Waals surface area contributed by atoms with Crippen molar-refractivity contribution in [3.05, 3.63) is 96.6 Å². The first kappa shape index (κ1) is 20.2. The molecule has 2 nitrogen and oxygen atoms in total. The second kappa shape index (κ2) is 8.48. The van der Waals surface area contributed by atoms with E-state index in [9.17, 15) is 0 Å². The molecule has 0 aliphatic heterocycles. The van der Waals surface area contributed by atoms with Crippen molar-refractivity contribution in [2.75, 3.05) is 7.11 Å². The van der Waals surface area contributed by atoms with Gasteiger partial charge in [-0.1, -0.05) is 79.9 Å². The normalized spacial score (nSPS) is 15.1. The van der Waals surface area contributed by atoms with Crippen molar-refractivity contribution in [2.45, 2.75) is 44.5 Å². The van der Waals surface area contributed by atoms with E-state index in [0.717, 1.165) is 17.5 Å². The van der Waals surface area contributed by atoms with Crippen LogP contribution >= 0.6 is 0 Å². The van der Waals surface area contributed by atoms with Crippen LogP contribution in [0.4, 0.5) is 0 Å². The summed E-state index contributed by atoms with van der Waals surface area (Å²) in [4.78, 5) is 0. The molecule has 2 aromatic rings. The third kappa shape index (κ3) is 4.51. The summed E-state index contributed by atoms with van der Waals surface area (Å²) in [5.74, 6) is 0. The molecule has 2 atom stereocenters. The Balaban J connectivity index is 2.24. The third-order valence-corrected chi connectivity index (χ3v) is 5.00. The minimum absolute atomic E-state index is 0.0387. The number of benzene rings is 2. The first-order valence-electron chi connectivity index (χ1n) is 9.02. The summed E-state index contributed by atoms with van der Waals surface area (Å²) in [7, 11) is 1.75. The Kier molecular flexibility index (Phi) is 6.57. The molecule has 0 saturated carbocycles. The molecule has 0 amide bonds. The van der Waals surface area contributed by atoms with E-state index in [1.54, 1.807) is 19.3 Å². The summed E-state index contributed by atoms with van der Waals surface area (Å²) in [6.45, 7) is 13.8. The van der Waals surface area contributed by atoms with Gasteiger partial charge in [-0.25, -0.2) is 0 Å². The lowest BCUT2D eigenvalue weighted by atomic mass is 9.86. The van der Waals surface area contributed by atoms with E-state index in [-0.39, 0.29) is 6.10 Å². The van der Waals surface area contributed by atoms with Crippen LogP contribution in [-0.4, -0.2) is 18.8 Å². The molecule has 2 aromatic carbocycles. The highest BCUT2D eigenvalue weighted by Crippen LogP contribution is 2.33. The van der Waals surface area contributed by atoms with E-state index in [4.69, 9.17) is 9.47 Å². The van der Waals surface area contributed by atoms with Crippen LogP contribution in [0.25, 0.3) is 0 Å². The Labute approximate surface area is 158 Å². The second-order valence-electron chi connectivity index (χ2n) is 7.03. The average molecular weight is 351 g/mol. The Hall–Kier alpha value is -2.16. The van der Waals surface area contributed by atoms with Gasteiger partial charge in [-0.3, -0.25) is 0 Å². The van der Waals surface area contributed by atoms with E-state index >= 15 is 0 Å². The molecule has 0 bridgehead atoms. The Morgan fingerprint density at radius 3 is 2.15 bits per heavy atom. The molecule has 0 saturated heterocycles. The molecule has 0 aliphatic rings. The van der Waals surface area contributed by atoms with Crippen LogP contribution in [0.15, 0.2) is 79.9 Å². The van der Waals surface area contributed by atoms with E-state index in [2.05, 4.69) is 63.4 Å². The van der Waals surface area contributed by atoms with Crippen molar-refractivity contribution in [1.82, 2.24) is 0 Å². The number of rotatable bonds is 9. The zero-order valence-electron chi connectivity index (χ0n) is 16.4. The standard InChI is InChI=1S/C24H30O2/c1-7-23(4,8-2)26-19(3)17-20-13-12-16-22(18-20)24(5,25-6)21-14-10-9-11-15-21/h7-16,18-19H,1-2,17H2,3-6H3. The summed E-state index contributed by atoms with van der Waals surface area (Å²) in [6.07, 6.45) is 4.41. The number of hydrogen-bond donors (Lipinski definition) is 0. The molecule has 0 fully saturated rings. The fourth-order valence-corrected chi connectivity index (χ4v) is 3.14. The van der Waals surface area contributed by atoms with Gasteiger partial charge in [0.15, 0.2) is 0 Å². The van der Waals surface area contributed by atoms with Crippen molar-refractivity contribution in [2.24, 2.45) is 0 Å². The maximum atomic E-state index is 6.11. The van der Waals surface area contributed by atoms with Crippen LogP contribution < -0.4 is 0 Å². The summed E-state index contributed by atoms with van der Waals surface area (Å²) < 4.78 is 12.0. The lowest BCUT2D eigenvalue weighted by Gasteiger charge is -2.30. The third-order valence-electron chi connectivity index (χ3n) is 5.00. The average Bonchev–Trinajstić information content (AvgIpc) is 2.68. The van der Waals surface area contributed by atoms with E-state index in [0.29, 0.717) is 0 Å². The predicted molar refractivity (Wildman–Crippen MR) is 109 cm³/mol. The number of hydrogen-bond acceptors (Lipinski definition) is 2. The largest absolute Gasteiger partial charge is 0.369 e. The zero-order valence-corrected chi connectivity index (χ0v) is 16.4. The number of methoxy groups -OCH3 is 1. The van der Waals surface area contributed by atoms with Crippen LogP contribution in [0.3, 0.4) is 0 Å². The smallest absolute Gasteiger partial charge is 0.115 e. The molecule has 2 heteroatoms. The summed E-state index contributed by atoms with van der Waals surface area (Å²) in [5, 5.41) is 0. The Bertz CT molecular complexity index is 727. The Morgan fingerprint density at radius 2 is 1.58 bits per heavy atom. The molecule has 26 heavy (non-hydrogen) atoms. The molecular formula is C24H30O2. The maximum Gasteiger partial charge on any atom is 0.115 e. The van der Waals surface area contributed by atoms with Gasteiger partial charge >= 0.3 is 0 Å². The van der Waals surface area contributed by atoms with E-state index < -0.39 is 11.2 Å². The van der Waals surface area contributed by atoms with Gasteiger partial charge in [0.2, 0.25) is 0 Å². The molecule has 0 radical (unpaired) electrons. The summed E-state index contributed by atoms with van der Waals surface area (Å²) in [5.41, 5.74) is 2.48.